The number of nitrogens with zero attached hydrogens (tertiary/aromatic N) is 1. The molecule has 1 aromatic heterocycles. The van der Waals surface area contributed by atoms with Crippen molar-refractivity contribution in [1.29, 1.82) is 0 Å². The van der Waals surface area contributed by atoms with Gasteiger partial charge in [-0.3, -0.25) is 0 Å². The molecule has 17 heavy (non-hydrogen) atoms. The molecule has 0 aliphatic carbocycles. The first-order chi connectivity index (χ1) is 8.16. The van der Waals surface area contributed by atoms with Crippen LogP contribution in [0.3, 0.4) is 0 Å². The molecule has 0 aliphatic rings. The van der Waals surface area contributed by atoms with Crippen LogP contribution in [0.15, 0.2) is 57.0 Å². The lowest BCUT2D eigenvalue weighted by Crippen LogP contribution is -1.89. The van der Waals surface area contributed by atoms with Crippen molar-refractivity contribution >= 4 is 27.7 Å². The molecule has 2 rings (SSSR count). The normalized spacial score (nSPS) is 12.4. The van der Waals surface area contributed by atoms with E-state index < -0.39 is 6.10 Å². The molecule has 0 radical (unpaired) electrons. The average Bonchev–Trinajstić information content (AvgIpc) is 2.33. The highest BCUT2D eigenvalue weighted by Crippen LogP contribution is 2.31. The minimum Gasteiger partial charge on any atom is -0.389 e. The lowest BCUT2D eigenvalue weighted by atomic mass is 10.1. The standard InChI is InChI=1S/C13H12BrNOS/c1-9(16)10-4-6-11(7-5-10)17-13-12(14)3-2-8-15-13/h2-9,16H,1H3. The second kappa shape index (κ2) is 5.67. The summed E-state index contributed by atoms with van der Waals surface area (Å²) in [4.78, 5) is 5.40. The summed E-state index contributed by atoms with van der Waals surface area (Å²) in [5, 5.41) is 10.4. The van der Waals surface area contributed by atoms with Crippen LogP contribution in [0.4, 0.5) is 0 Å². The maximum absolute atomic E-state index is 9.42. The van der Waals surface area contributed by atoms with E-state index in [1.54, 1.807) is 24.9 Å². The first-order valence-corrected chi connectivity index (χ1v) is 6.84. The zero-order chi connectivity index (χ0) is 12.3. The van der Waals surface area contributed by atoms with E-state index in [2.05, 4.69) is 20.9 Å². The van der Waals surface area contributed by atoms with Gasteiger partial charge in [-0.1, -0.05) is 23.9 Å². The quantitative estimate of drug-likeness (QED) is 0.928. The molecular weight excluding hydrogens is 298 g/mol. The third-order valence-electron chi connectivity index (χ3n) is 2.30. The van der Waals surface area contributed by atoms with Gasteiger partial charge in [-0.2, -0.15) is 0 Å². The minimum absolute atomic E-state index is 0.421. The smallest absolute Gasteiger partial charge is 0.115 e. The van der Waals surface area contributed by atoms with Crippen molar-refractivity contribution in [2.24, 2.45) is 0 Å². The molecule has 0 amide bonds. The van der Waals surface area contributed by atoms with E-state index in [9.17, 15) is 5.11 Å². The van der Waals surface area contributed by atoms with Crippen LogP contribution in [0, 0.1) is 0 Å². The van der Waals surface area contributed by atoms with Gasteiger partial charge in [0.2, 0.25) is 0 Å². The summed E-state index contributed by atoms with van der Waals surface area (Å²) in [5.74, 6) is 0. The predicted octanol–water partition coefficient (Wildman–Crippen LogP) is 4.05. The van der Waals surface area contributed by atoms with E-state index in [4.69, 9.17) is 0 Å². The molecule has 0 saturated heterocycles. The molecule has 0 fully saturated rings. The van der Waals surface area contributed by atoms with Crippen LogP contribution in [-0.2, 0) is 0 Å². The molecule has 2 aromatic rings. The van der Waals surface area contributed by atoms with Crippen molar-refractivity contribution in [2.45, 2.75) is 22.9 Å². The molecule has 4 heteroatoms. The number of aromatic nitrogens is 1. The second-order valence-corrected chi connectivity index (χ2v) is 5.55. The van der Waals surface area contributed by atoms with E-state index in [-0.39, 0.29) is 0 Å². The summed E-state index contributed by atoms with van der Waals surface area (Å²) >= 11 is 5.06. The van der Waals surface area contributed by atoms with Gasteiger partial charge < -0.3 is 5.11 Å². The Labute approximate surface area is 113 Å². The zero-order valence-electron chi connectivity index (χ0n) is 9.30. The monoisotopic (exact) mass is 309 g/mol. The minimum atomic E-state index is -0.421. The Hall–Kier alpha value is -0.840. The van der Waals surface area contributed by atoms with Crippen molar-refractivity contribution in [3.05, 3.63) is 52.6 Å². The maximum atomic E-state index is 9.42. The van der Waals surface area contributed by atoms with Gasteiger partial charge in [0.1, 0.15) is 5.03 Å². The van der Waals surface area contributed by atoms with Gasteiger partial charge in [-0.05, 0) is 52.7 Å². The fourth-order valence-electron chi connectivity index (χ4n) is 1.37. The van der Waals surface area contributed by atoms with Gasteiger partial charge in [0, 0.05) is 11.1 Å². The van der Waals surface area contributed by atoms with E-state index in [1.807, 2.05) is 36.4 Å². The van der Waals surface area contributed by atoms with Crippen molar-refractivity contribution < 1.29 is 5.11 Å². The number of benzene rings is 1. The van der Waals surface area contributed by atoms with Gasteiger partial charge in [-0.15, -0.1) is 0 Å². The summed E-state index contributed by atoms with van der Waals surface area (Å²) < 4.78 is 0.990. The first kappa shape index (κ1) is 12.6. The summed E-state index contributed by atoms with van der Waals surface area (Å²) in [5.41, 5.74) is 0.925. The molecule has 1 atom stereocenters. The van der Waals surface area contributed by atoms with Crippen LogP contribution in [0.25, 0.3) is 0 Å². The third-order valence-corrected chi connectivity index (χ3v) is 4.23. The number of aliphatic hydroxyl groups is 1. The Morgan fingerprint density at radius 2 is 1.94 bits per heavy atom. The summed E-state index contributed by atoms with van der Waals surface area (Å²) in [6.07, 6.45) is 1.35. The Kier molecular flexibility index (Phi) is 4.20. The van der Waals surface area contributed by atoms with Gasteiger partial charge in [0.15, 0.2) is 0 Å². The van der Waals surface area contributed by atoms with Crippen LogP contribution in [0.1, 0.15) is 18.6 Å². The summed E-state index contributed by atoms with van der Waals surface area (Å²) in [6, 6.07) is 11.7. The lowest BCUT2D eigenvalue weighted by Gasteiger charge is -2.06. The van der Waals surface area contributed by atoms with Crippen molar-refractivity contribution in [2.75, 3.05) is 0 Å². The molecule has 0 saturated carbocycles. The Balaban J connectivity index is 2.17. The Morgan fingerprint density at radius 3 is 2.53 bits per heavy atom. The van der Waals surface area contributed by atoms with Crippen LogP contribution in [-0.4, -0.2) is 10.1 Å². The molecule has 0 bridgehead atoms. The number of aliphatic hydroxyl groups excluding tert-OH is 1. The molecule has 88 valence electrons. The molecule has 1 aromatic carbocycles. The number of halogens is 1. The second-order valence-electron chi connectivity index (χ2n) is 3.64. The van der Waals surface area contributed by atoms with Crippen LogP contribution < -0.4 is 0 Å². The predicted molar refractivity (Wildman–Crippen MR) is 73.1 cm³/mol. The molecule has 0 spiro atoms. The number of pyridine rings is 1. The van der Waals surface area contributed by atoms with E-state index in [0.29, 0.717) is 0 Å². The maximum Gasteiger partial charge on any atom is 0.115 e. The largest absolute Gasteiger partial charge is 0.389 e. The fraction of sp³-hybridized carbons (Fsp3) is 0.154. The van der Waals surface area contributed by atoms with Crippen LogP contribution in [0.5, 0.6) is 0 Å². The Morgan fingerprint density at radius 1 is 1.24 bits per heavy atom. The van der Waals surface area contributed by atoms with Gasteiger partial charge in [-0.25, -0.2) is 4.98 Å². The Bertz CT molecular complexity index is 499. The van der Waals surface area contributed by atoms with Crippen LogP contribution in [0.2, 0.25) is 0 Å². The number of rotatable bonds is 3. The number of hydrogen-bond donors (Lipinski definition) is 1. The molecule has 2 nitrogen and oxygen atoms in total. The topological polar surface area (TPSA) is 33.1 Å². The van der Waals surface area contributed by atoms with Gasteiger partial charge >= 0.3 is 0 Å². The summed E-state index contributed by atoms with van der Waals surface area (Å²) in [6.45, 7) is 1.76. The average molecular weight is 310 g/mol. The lowest BCUT2D eigenvalue weighted by molar-refractivity contribution is 0.199. The van der Waals surface area contributed by atoms with E-state index in [1.165, 1.54) is 0 Å². The van der Waals surface area contributed by atoms with E-state index in [0.717, 1.165) is 20.0 Å². The highest BCUT2D eigenvalue weighted by atomic mass is 79.9. The SMILES string of the molecule is CC(O)c1ccc(Sc2ncccc2Br)cc1. The highest BCUT2D eigenvalue weighted by molar-refractivity contribution is 9.10. The fourth-order valence-corrected chi connectivity index (χ4v) is 2.64. The van der Waals surface area contributed by atoms with Crippen LogP contribution >= 0.6 is 27.7 Å². The number of hydrogen-bond acceptors (Lipinski definition) is 3. The molecule has 1 heterocycles. The van der Waals surface area contributed by atoms with E-state index >= 15 is 0 Å². The van der Waals surface area contributed by atoms with Crippen molar-refractivity contribution in [3.63, 3.8) is 0 Å². The summed E-state index contributed by atoms with van der Waals surface area (Å²) in [7, 11) is 0. The van der Waals surface area contributed by atoms with Crippen molar-refractivity contribution in [3.8, 4) is 0 Å². The third kappa shape index (κ3) is 3.31. The zero-order valence-corrected chi connectivity index (χ0v) is 11.7. The first-order valence-electron chi connectivity index (χ1n) is 5.23. The molecular formula is C13H12BrNOS. The van der Waals surface area contributed by atoms with Gasteiger partial charge in [0.25, 0.3) is 0 Å². The molecule has 1 N–H and O–H groups in total. The highest BCUT2D eigenvalue weighted by Gasteiger charge is 2.04. The molecule has 1 unspecified atom stereocenters. The van der Waals surface area contributed by atoms with Gasteiger partial charge in [0.05, 0.1) is 10.6 Å². The van der Waals surface area contributed by atoms with Crippen molar-refractivity contribution in [1.82, 2.24) is 4.98 Å². The molecule has 0 aliphatic heterocycles.